The number of hydrogen-bond acceptors (Lipinski definition) is 5. The van der Waals surface area contributed by atoms with Crippen LogP contribution in [0.4, 0.5) is 0 Å². The summed E-state index contributed by atoms with van der Waals surface area (Å²) >= 11 is 12.5. The fraction of sp³-hybridized carbons (Fsp3) is 0.185. The van der Waals surface area contributed by atoms with Gasteiger partial charge in [0.1, 0.15) is 12.0 Å². The van der Waals surface area contributed by atoms with Crippen molar-refractivity contribution >= 4 is 40.0 Å². The molecule has 184 valence electrons. The fourth-order valence-electron chi connectivity index (χ4n) is 4.07. The molecule has 0 aliphatic carbocycles. The highest BCUT2D eigenvalue weighted by atomic mass is 35.5. The molecular weight excluding hydrogens is 499 g/mol. The minimum absolute atomic E-state index is 0.220. The molecular formula is C27H24Cl2N4O3. The molecule has 2 N–H and O–H groups in total. The Kier molecular flexibility index (Phi) is 7.41. The molecule has 0 bridgehead atoms. The highest BCUT2D eigenvalue weighted by Crippen LogP contribution is 2.24. The van der Waals surface area contributed by atoms with E-state index in [2.05, 4.69) is 32.3 Å². The van der Waals surface area contributed by atoms with Gasteiger partial charge >= 0.3 is 0 Å². The van der Waals surface area contributed by atoms with Crippen molar-refractivity contribution in [2.75, 3.05) is 6.54 Å². The number of carbonyl (C=O) groups excluding carboxylic acids is 1. The molecule has 0 spiro atoms. The zero-order valence-corrected chi connectivity index (χ0v) is 20.9. The quantitative estimate of drug-likeness (QED) is 0.227. The van der Waals surface area contributed by atoms with Crippen molar-refractivity contribution in [2.45, 2.75) is 26.1 Å². The standard InChI is InChI=1S/C27H24Cl2N4O3/c28-20-8-7-19(23(29)12-20)15-33(10-9-18-13-30-24-6-2-1-5-22(18)24)16-26-32-25(17-36-26)27(34)31-14-21-4-3-11-35-21/h1-8,11-13,17,30H,9-10,14-16H2,(H,31,34). The van der Waals surface area contributed by atoms with Crippen LogP contribution >= 0.6 is 23.2 Å². The van der Waals surface area contributed by atoms with E-state index in [1.54, 1.807) is 24.5 Å². The number of benzene rings is 2. The maximum absolute atomic E-state index is 12.5. The van der Waals surface area contributed by atoms with Gasteiger partial charge in [-0.25, -0.2) is 4.98 Å². The first kappa shape index (κ1) is 24.2. The van der Waals surface area contributed by atoms with E-state index in [4.69, 9.17) is 32.0 Å². The summed E-state index contributed by atoms with van der Waals surface area (Å²) in [5, 5.41) is 5.17. The van der Waals surface area contributed by atoms with Crippen LogP contribution in [-0.2, 0) is 26.1 Å². The summed E-state index contributed by atoms with van der Waals surface area (Å²) < 4.78 is 10.9. The third-order valence-electron chi connectivity index (χ3n) is 5.93. The number of aromatic nitrogens is 2. The second-order valence-corrected chi connectivity index (χ2v) is 9.29. The predicted molar refractivity (Wildman–Crippen MR) is 139 cm³/mol. The van der Waals surface area contributed by atoms with Gasteiger partial charge in [-0.15, -0.1) is 0 Å². The summed E-state index contributed by atoms with van der Waals surface area (Å²) in [5.74, 6) is 0.782. The molecule has 2 aromatic carbocycles. The predicted octanol–water partition coefficient (Wildman–Crippen LogP) is 6.23. The molecule has 0 aliphatic heterocycles. The first-order valence-electron chi connectivity index (χ1n) is 11.5. The van der Waals surface area contributed by atoms with Gasteiger partial charge in [0.15, 0.2) is 5.69 Å². The molecule has 36 heavy (non-hydrogen) atoms. The van der Waals surface area contributed by atoms with Crippen LogP contribution in [0.25, 0.3) is 10.9 Å². The molecule has 0 aliphatic rings. The topological polar surface area (TPSA) is 87.3 Å². The van der Waals surface area contributed by atoms with Gasteiger partial charge in [0.2, 0.25) is 5.89 Å². The van der Waals surface area contributed by atoms with E-state index in [-0.39, 0.29) is 18.1 Å². The Morgan fingerprint density at radius 1 is 1.03 bits per heavy atom. The fourth-order valence-corrected chi connectivity index (χ4v) is 4.54. The Hall–Kier alpha value is -3.52. The Labute approximate surface area is 218 Å². The molecule has 0 unspecified atom stereocenters. The molecule has 3 heterocycles. The second kappa shape index (κ2) is 11.0. The van der Waals surface area contributed by atoms with Crippen LogP contribution in [0.15, 0.2) is 82.2 Å². The Morgan fingerprint density at radius 3 is 2.75 bits per heavy atom. The normalized spacial score (nSPS) is 11.4. The number of nitrogens with one attached hydrogen (secondary N) is 2. The van der Waals surface area contributed by atoms with Gasteiger partial charge in [-0.3, -0.25) is 9.69 Å². The Bertz CT molecular complexity index is 1460. The van der Waals surface area contributed by atoms with Crippen molar-refractivity contribution in [3.05, 3.63) is 112 Å². The molecule has 0 saturated heterocycles. The second-order valence-electron chi connectivity index (χ2n) is 8.44. The molecule has 9 heteroatoms. The van der Waals surface area contributed by atoms with Crippen LogP contribution < -0.4 is 5.32 Å². The summed E-state index contributed by atoms with van der Waals surface area (Å²) in [7, 11) is 0. The summed E-state index contributed by atoms with van der Waals surface area (Å²) in [6, 6.07) is 17.3. The average Bonchev–Trinajstić information content (AvgIpc) is 3.64. The highest BCUT2D eigenvalue weighted by Gasteiger charge is 2.17. The molecule has 0 saturated carbocycles. The number of H-pyrrole nitrogens is 1. The molecule has 0 atom stereocenters. The van der Waals surface area contributed by atoms with Crippen LogP contribution in [0.5, 0.6) is 0 Å². The minimum Gasteiger partial charge on any atom is -0.467 e. The van der Waals surface area contributed by atoms with Crippen molar-refractivity contribution < 1.29 is 13.6 Å². The number of aromatic amines is 1. The number of halogens is 2. The van der Waals surface area contributed by atoms with E-state index in [1.165, 1.54) is 17.2 Å². The van der Waals surface area contributed by atoms with Gasteiger partial charge in [0.05, 0.1) is 19.4 Å². The summed E-state index contributed by atoms with van der Waals surface area (Å²) in [6.45, 7) is 1.98. The third-order valence-corrected chi connectivity index (χ3v) is 6.51. The molecule has 7 nitrogen and oxygen atoms in total. The van der Waals surface area contributed by atoms with E-state index in [0.29, 0.717) is 34.8 Å². The number of carbonyl (C=O) groups is 1. The zero-order valence-electron chi connectivity index (χ0n) is 19.3. The number of nitrogens with zero attached hydrogens (tertiary/aromatic N) is 2. The Morgan fingerprint density at radius 2 is 1.92 bits per heavy atom. The van der Waals surface area contributed by atoms with Gasteiger partial charge in [-0.05, 0) is 47.9 Å². The third kappa shape index (κ3) is 5.82. The van der Waals surface area contributed by atoms with E-state index in [9.17, 15) is 4.79 Å². The summed E-state index contributed by atoms with van der Waals surface area (Å²) in [5.41, 5.74) is 3.50. The lowest BCUT2D eigenvalue weighted by molar-refractivity contribution is 0.0943. The van der Waals surface area contributed by atoms with Gasteiger partial charge < -0.3 is 19.1 Å². The van der Waals surface area contributed by atoms with Crippen LogP contribution in [0.2, 0.25) is 10.0 Å². The first-order chi connectivity index (χ1) is 17.5. The zero-order chi connectivity index (χ0) is 24.9. The summed E-state index contributed by atoms with van der Waals surface area (Å²) in [4.78, 5) is 22.4. The SMILES string of the molecule is O=C(NCc1ccco1)c1coc(CN(CCc2c[nH]c3ccccc23)Cc2ccc(Cl)cc2Cl)n1. The van der Waals surface area contributed by atoms with E-state index in [0.717, 1.165) is 24.0 Å². The minimum atomic E-state index is -0.326. The monoisotopic (exact) mass is 522 g/mol. The van der Waals surface area contributed by atoms with Crippen LogP contribution in [-0.4, -0.2) is 27.3 Å². The smallest absolute Gasteiger partial charge is 0.273 e. The lowest BCUT2D eigenvalue weighted by Crippen LogP contribution is -2.26. The number of hydrogen-bond donors (Lipinski definition) is 2. The van der Waals surface area contributed by atoms with Crippen molar-refractivity contribution in [2.24, 2.45) is 0 Å². The maximum atomic E-state index is 12.5. The largest absolute Gasteiger partial charge is 0.467 e. The van der Waals surface area contributed by atoms with Crippen molar-refractivity contribution in [1.29, 1.82) is 0 Å². The molecule has 5 aromatic rings. The van der Waals surface area contributed by atoms with Crippen molar-refractivity contribution in [1.82, 2.24) is 20.2 Å². The van der Waals surface area contributed by atoms with Gasteiger partial charge in [0, 0.05) is 40.2 Å². The molecule has 5 rings (SSSR count). The van der Waals surface area contributed by atoms with Crippen molar-refractivity contribution in [3.8, 4) is 0 Å². The van der Waals surface area contributed by atoms with Gasteiger partial charge in [-0.2, -0.15) is 0 Å². The maximum Gasteiger partial charge on any atom is 0.273 e. The van der Waals surface area contributed by atoms with E-state index in [1.807, 2.05) is 30.5 Å². The molecule has 0 fully saturated rings. The lowest BCUT2D eigenvalue weighted by atomic mass is 10.1. The summed E-state index contributed by atoms with van der Waals surface area (Å²) in [6.07, 6.45) is 5.80. The molecule has 3 aromatic heterocycles. The number of amides is 1. The van der Waals surface area contributed by atoms with Crippen molar-refractivity contribution in [3.63, 3.8) is 0 Å². The van der Waals surface area contributed by atoms with Crippen LogP contribution in [0.3, 0.4) is 0 Å². The average molecular weight is 523 g/mol. The highest BCUT2D eigenvalue weighted by molar-refractivity contribution is 6.35. The number of para-hydroxylation sites is 1. The van der Waals surface area contributed by atoms with E-state index < -0.39 is 0 Å². The van der Waals surface area contributed by atoms with Crippen LogP contribution in [0, 0.1) is 0 Å². The first-order valence-corrected chi connectivity index (χ1v) is 12.3. The molecule has 0 radical (unpaired) electrons. The Balaban J connectivity index is 1.29. The van der Waals surface area contributed by atoms with Crippen LogP contribution in [0.1, 0.15) is 33.3 Å². The van der Waals surface area contributed by atoms with Gasteiger partial charge in [-0.1, -0.05) is 47.5 Å². The lowest BCUT2D eigenvalue weighted by Gasteiger charge is -2.21. The van der Waals surface area contributed by atoms with Gasteiger partial charge in [0.25, 0.3) is 5.91 Å². The van der Waals surface area contributed by atoms with E-state index >= 15 is 0 Å². The number of furan rings is 1. The number of oxazole rings is 1. The number of fused-ring (bicyclic) bond motifs is 1. The number of rotatable bonds is 10. The molecule has 1 amide bonds.